The highest BCUT2D eigenvalue weighted by molar-refractivity contribution is 6.17. The van der Waals surface area contributed by atoms with Gasteiger partial charge < -0.3 is 4.40 Å². The molecule has 3 aromatic rings. The third-order valence-electron chi connectivity index (χ3n) is 2.81. The number of hydrogen-bond acceptors (Lipinski definition) is 3. The molecule has 0 atom stereocenters. The Morgan fingerprint density at radius 1 is 1.22 bits per heavy atom. The first-order valence-corrected chi connectivity index (χ1v) is 6.16. The summed E-state index contributed by atoms with van der Waals surface area (Å²) in [4.78, 5) is 8.86. The molecule has 3 aromatic heterocycles. The Hall–Kier alpha value is -1.88. The average Bonchev–Trinajstić information content (AvgIpc) is 2.88. The number of fused-ring (bicyclic) bond motifs is 1. The van der Waals surface area contributed by atoms with Gasteiger partial charge in [0, 0.05) is 6.20 Å². The van der Waals surface area contributed by atoms with Gasteiger partial charge in [0.05, 0.1) is 11.6 Å². The lowest BCUT2D eigenvalue weighted by molar-refractivity contribution is 0.800. The number of nitrogens with zero attached hydrogens (tertiary/aromatic N) is 5. The van der Waals surface area contributed by atoms with E-state index in [1.807, 2.05) is 42.6 Å². The molecule has 0 spiro atoms. The van der Waals surface area contributed by atoms with Gasteiger partial charge in [0.15, 0.2) is 5.82 Å². The summed E-state index contributed by atoms with van der Waals surface area (Å²) in [6.45, 7) is 3.77. The van der Waals surface area contributed by atoms with E-state index in [-0.39, 0.29) is 0 Å². The van der Waals surface area contributed by atoms with Crippen molar-refractivity contribution in [3.8, 4) is 5.82 Å². The van der Waals surface area contributed by atoms with Gasteiger partial charge in [0.25, 0.3) is 0 Å². The highest BCUT2D eigenvalue weighted by Crippen LogP contribution is 2.19. The second-order valence-corrected chi connectivity index (χ2v) is 4.33. The van der Waals surface area contributed by atoms with Crippen LogP contribution < -0.4 is 0 Å². The second kappa shape index (κ2) is 4.10. The van der Waals surface area contributed by atoms with Crippen LogP contribution in [-0.4, -0.2) is 24.1 Å². The SMILES string of the molecule is Cc1nc(C)n(-c2nc3ccccn3c2CCl)n1. The number of imidazole rings is 1. The van der Waals surface area contributed by atoms with E-state index >= 15 is 0 Å². The van der Waals surface area contributed by atoms with E-state index in [0.29, 0.717) is 5.88 Å². The first kappa shape index (κ1) is 11.2. The fraction of sp³-hybridized carbons (Fsp3) is 0.250. The topological polar surface area (TPSA) is 48.0 Å². The molecule has 18 heavy (non-hydrogen) atoms. The maximum atomic E-state index is 6.04. The number of aromatic nitrogens is 5. The van der Waals surface area contributed by atoms with Crippen molar-refractivity contribution in [2.45, 2.75) is 19.7 Å². The lowest BCUT2D eigenvalue weighted by Gasteiger charge is -2.01. The third kappa shape index (κ3) is 1.59. The zero-order chi connectivity index (χ0) is 12.7. The molecular weight excluding hydrogens is 250 g/mol. The summed E-state index contributed by atoms with van der Waals surface area (Å²) in [6.07, 6.45) is 1.95. The van der Waals surface area contributed by atoms with Crippen molar-refractivity contribution in [3.05, 3.63) is 41.7 Å². The molecule has 3 heterocycles. The van der Waals surface area contributed by atoms with E-state index < -0.39 is 0 Å². The Labute approximate surface area is 109 Å². The molecule has 0 saturated heterocycles. The smallest absolute Gasteiger partial charge is 0.178 e. The van der Waals surface area contributed by atoms with Gasteiger partial charge in [-0.15, -0.1) is 16.7 Å². The second-order valence-electron chi connectivity index (χ2n) is 4.06. The van der Waals surface area contributed by atoms with E-state index in [0.717, 1.165) is 28.8 Å². The zero-order valence-electron chi connectivity index (χ0n) is 10.1. The maximum Gasteiger partial charge on any atom is 0.178 e. The minimum absolute atomic E-state index is 0.374. The van der Waals surface area contributed by atoms with Crippen LogP contribution in [0.1, 0.15) is 17.3 Å². The number of rotatable bonds is 2. The molecule has 0 saturated carbocycles. The number of aryl methyl sites for hydroxylation is 2. The summed E-state index contributed by atoms with van der Waals surface area (Å²) in [7, 11) is 0. The van der Waals surface area contributed by atoms with Crippen molar-refractivity contribution in [1.82, 2.24) is 24.1 Å². The summed E-state index contributed by atoms with van der Waals surface area (Å²) in [5.74, 6) is 2.65. The van der Waals surface area contributed by atoms with Crippen molar-refractivity contribution in [3.63, 3.8) is 0 Å². The van der Waals surface area contributed by atoms with Gasteiger partial charge >= 0.3 is 0 Å². The van der Waals surface area contributed by atoms with Crippen LogP contribution in [0.15, 0.2) is 24.4 Å². The van der Waals surface area contributed by atoms with Crippen LogP contribution >= 0.6 is 11.6 Å². The molecule has 5 nitrogen and oxygen atoms in total. The molecular formula is C12H12ClN5. The quantitative estimate of drug-likeness (QED) is 0.665. The van der Waals surface area contributed by atoms with Crippen LogP contribution in [-0.2, 0) is 5.88 Å². The number of hydrogen-bond donors (Lipinski definition) is 0. The monoisotopic (exact) mass is 261 g/mol. The minimum Gasteiger partial charge on any atom is -0.301 e. The zero-order valence-corrected chi connectivity index (χ0v) is 10.9. The molecule has 0 aromatic carbocycles. The molecule has 0 unspecified atom stereocenters. The molecule has 0 aliphatic rings. The summed E-state index contributed by atoms with van der Waals surface area (Å²) in [6, 6.07) is 5.84. The fourth-order valence-corrected chi connectivity index (χ4v) is 2.30. The molecule has 0 bridgehead atoms. The van der Waals surface area contributed by atoms with Crippen molar-refractivity contribution < 1.29 is 0 Å². The van der Waals surface area contributed by atoms with E-state index in [9.17, 15) is 0 Å². The summed E-state index contributed by atoms with van der Waals surface area (Å²) >= 11 is 6.04. The standard InChI is InChI=1S/C12H12ClN5/c1-8-14-9(2)18(16-8)12-10(7-13)17-6-4-3-5-11(17)15-12/h3-6H,7H2,1-2H3. The first-order chi connectivity index (χ1) is 8.70. The Kier molecular flexibility index (Phi) is 2.56. The van der Waals surface area contributed by atoms with E-state index in [1.165, 1.54) is 0 Å². The van der Waals surface area contributed by atoms with Gasteiger partial charge in [-0.2, -0.15) is 4.68 Å². The average molecular weight is 262 g/mol. The first-order valence-electron chi connectivity index (χ1n) is 5.63. The Morgan fingerprint density at radius 3 is 2.72 bits per heavy atom. The third-order valence-corrected chi connectivity index (χ3v) is 3.06. The lowest BCUT2D eigenvalue weighted by atomic mass is 10.4. The molecule has 0 radical (unpaired) electrons. The van der Waals surface area contributed by atoms with Gasteiger partial charge in [-0.25, -0.2) is 9.97 Å². The molecule has 6 heteroatoms. The van der Waals surface area contributed by atoms with Crippen LogP contribution in [0, 0.1) is 13.8 Å². The van der Waals surface area contributed by atoms with Gasteiger partial charge in [-0.05, 0) is 26.0 Å². The van der Waals surface area contributed by atoms with E-state index in [4.69, 9.17) is 11.6 Å². The van der Waals surface area contributed by atoms with Crippen molar-refractivity contribution in [2.24, 2.45) is 0 Å². The molecule has 92 valence electrons. The van der Waals surface area contributed by atoms with E-state index in [1.54, 1.807) is 4.68 Å². The van der Waals surface area contributed by atoms with Crippen LogP contribution in [0.3, 0.4) is 0 Å². The fourth-order valence-electron chi connectivity index (χ4n) is 2.05. The van der Waals surface area contributed by atoms with Crippen molar-refractivity contribution in [2.75, 3.05) is 0 Å². The number of halogens is 1. The van der Waals surface area contributed by atoms with Crippen LogP contribution in [0.2, 0.25) is 0 Å². The van der Waals surface area contributed by atoms with Crippen LogP contribution in [0.4, 0.5) is 0 Å². The molecule has 0 aliphatic heterocycles. The summed E-state index contributed by atoms with van der Waals surface area (Å²) in [5.41, 5.74) is 1.77. The number of pyridine rings is 1. The predicted octanol–water partition coefficient (Wildman–Crippen LogP) is 2.27. The summed E-state index contributed by atoms with van der Waals surface area (Å²) < 4.78 is 3.71. The van der Waals surface area contributed by atoms with Gasteiger partial charge in [-0.3, -0.25) is 0 Å². The van der Waals surface area contributed by atoms with Crippen LogP contribution in [0.25, 0.3) is 11.5 Å². The Balaban J connectivity index is 2.32. The number of alkyl halides is 1. The van der Waals surface area contributed by atoms with Gasteiger partial charge in [0.1, 0.15) is 17.3 Å². The minimum atomic E-state index is 0.374. The van der Waals surface area contributed by atoms with E-state index in [2.05, 4.69) is 15.1 Å². The molecule has 0 fully saturated rings. The Morgan fingerprint density at radius 2 is 2.06 bits per heavy atom. The molecule has 3 rings (SSSR count). The molecule has 0 amide bonds. The van der Waals surface area contributed by atoms with Gasteiger partial charge in [0.2, 0.25) is 0 Å². The molecule has 0 aliphatic carbocycles. The normalized spacial score (nSPS) is 11.3. The lowest BCUT2D eigenvalue weighted by Crippen LogP contribution is -2.03. The maximum absolute atomic E-state index is 6.04. The predicted molar refractivity (Wildman–Crippen MR) is 69.1 cm³/mol. The van der Waals surface area contributed by atoms with Crippen molar-refractivity contribution in [1.29, 1.82) is 0 Å². The highest BCUT2D eigenvalue weighted by Gasteiger charge is 2.15. The Bertz CT molecular complexity index is 712. The summed E-state index contributed by atoms with van der Waals surface area (Å²) in [5, 5.41) is 4.36. The van der Waals surface area contributed by atoms with Crippen molar-refractivity contribution >= 4 is 17.2 Å². The van der Waals surface area contributed by atoms with Gasteiger partial charge in [-0.1, -0.05) is 6.07 Å². The van der Waals surface area contributed by atoms with Crippen LogP contribution in [0.5, 0.6) is 0 Å². The highest BCUT2D eigenvalue weighted by atomic mass is 35.5. The molecule has 0 N–H and O–H groups in total. The largest absolute Gasteiger partial charge is 0.301 e.